The lowest BCUT2D eigenvalue weighted by atomic mass is 10.0. The molecule has 0 amide bonds. The van der Waals surface area contributed by atoms with Crippen LogP contribution in [-0.2, 0) is 46.4 Å². The summed E-state index contributed by atoms with van der Waals surface area (Å²) < 4.78 is 25.4. The van der Waals surface area contributed by atoms with E-state index < -0.39 is 53.7 Å². The van der Waals surface area contributed by atoms with Crippen molar-refractivity contribution in [3.8, 4) is 0 Å². The zero-order valence-corrected chi connectivity index (χ0v) is 20.0. The van der Waals surface area contributed by atoms with E-state index in [0.717, 1.165) is 25.3 Å². The van der Waals surface area contributed by atoms with Crippen molar-refractivity contribution in [2.24, 2.45) is 0 Å². The molecule has 2 aromatic heterocycles. The van der Waals surface area contributed by atoms with Crippen LogP contribution < -0.4 is 11.2 Å². The summed E-state index contributed by atoms with van der Waals surface area (Å²) in [5.41, 5.74) is -1.29. The summed E-state index contributed by atoms with van der Waals surface area (Å²) in [6, 6.07) is 0. The number of hydrogen-bond acceptors (Lipinski definition) is 10. The van der Waals surface area contributed by atoms with Gasteiger partial charge >= 0.3 is 23.6 Å². The molecule has 186 valence electrons. The molecule has 0 aliphatic carbocycles. The number of carbonyl (C=O) groups is 3. The minimum absolute atomic E-state index is 0.0434. The topological polar surface area (TPSA) is 150 Å². The lowest BCUT2D eigenvalue weighted by Crippen LogP contribution is -2.55. The van der Waals surface area contributed by atoms with Crippen molar-refractivity contribution in [2.75, 3.05) is 6.61 Å². The van der Waals surface area contributed by atoms with Crippen molar-refractivity contribution in [3.63, 3.8) is 0 Å². The van der Waals surface area contributed by atoms with Gasteiger partial charge in [-0.15, -0.1) is 0 Å². The number of imidazole rings is 1. The number of nitrogens with zero attached hydrogens (tertiary/aromatic N) is 4. The fourth-order valence-corrected chi connectivity index (χ4v) is 4.24. The van der Waals surface area contributed by atoms with Crippen LogP contribution in [0.3, 0.4) is 0 Å². The first kappa shape index (κ1) is 25.4. The summed E-state index contributed by atoms with van der Waals surface area (Å²) in [6.07, 6.45) is -4.99. The van der Waals surface area contributed by atoms with E-state index in [1.165, 1.54) is 9.13 Å². The average molecular weight is 501 g/mol. The van der Waals surface area contributed by atoms with E-state index in [-0.39, 0.29) is 36.1 Å². The van der Waals surface area contributed by atoms with E-state index in [2.05, 4.69) is 4.98 Å². The lowest BCUT2D eigenvalue weighted by Gasteiger charge is -2.41. The fourth-order valence-electron chi connectivity index (χ4n) is 3.98. The number of rotatable bonds is 6. The number of hydrogen-bond donors (Lipinski definition) is 0. The second-order valence-electron chi connectivity index (χ2n) is 7.52. The Hall–Kier alpha value is -3.19. The van der Waals surface area contributed by atoms with Crippen molar-refractivity contribution in [3.05, 3.63) is 26.1 Å². The Balaban J connectivity index is 2.27. The van der Waals surface area contributed by atoms with Crippen LogP contribution in [0.5, 0.6) is 0 Å². The first-order valence-corrected chi connectivity index (χ1v) is 10.9. The van der Waals surface area contributed by atoms with Gasteiger partial charge in [-0.25, -0.2) is 9.78 Å². The average Bonchev–Trinajstić information content (AvgIpc) is 3.07. The first-order valence-electron chi connectivity index (χ1n) is 10.6. The molecule has 2 aromatic rings. The summed E-state index contributed by atoms with van der Waals surface area (Å²) in [4.78, 5) is 65.4. The van der Waals surface area contributed by atoms with E-state index in [4.69, 9.17) is 30.5 Å². The molecule has 1 aliphatic rings. The van der Waals surface area contributed by atoms with Crippen molar-refractivity contribution in [1.82, 2.24) is 18.7 Å². The van der Waals surface area contributed by atoms with Gasteiger partial charge in [-0.05, 0) is 25.4 Å². The lowest BCUT2D eigenvalue weighted by molar-refractivity contribution is -0.239. The van der Waals surface area contributed by atoms with Gasteiger partial charge in [0.15, 0.2) is 35.7 Å². The molecule has 1 aliphatic heterocycles. The van der Waals surface area contributed by atoms with Gasteiger partial charge in [0.05, 0.1) is 6.61 Å². The molecule has 34 heavy (non-hydrogen) atoms. The van der Waals surface area contributed by atoms with E-state index in [1.807, 2.05) is 0 Å². The van der Waals surface area contributed by atoms with E-state index in [1.54, 1.807) is 13.8 Å². The van der Waals surface area contributed by atoms with Gasteiger partial charge < -0.3 is 18.9 Å². The second kappa shape index (κ2) is 9.97. The van der Waals surface area contributed by atoms with Crippen LogP contribution in [0.2, 0.25) is 5.28 Å². The molecule has 0 unspecified atom stereocenters. The van der Waals surface area contributed by atoms with Gasteiger partial charge in [-0.2, -0.15) is 0 Å². The van der Waals surface area contributed by atoms with Crippen molar-refractivity contribution < 1.29 is 33.3 Å². The van der Waals surface area contributed by atoms with Gasteiger partial charge in [0.25, 0.3) is 5.56 Å². The van der Waals surface area contributed by atoms with Gasteiger partial charge in [-0.3, -0.25) is 32.9 Å². The molecule has 13 nitrogen and oxygen atoms in total. The minimum atomic E-state index is -1.36. The van der Waals surface area contributed by atoms with Crippen LogP contribution in [0.1, 0.15) is 40.8 Å². The van der Waals surface area contributed by atoms with E-state index >= 15 is 0 Å². The fraction of sp³-hybridized carbons (Fsp3) is 0.600. The normalized spacial score (nSPS) is 22.4. The van der Waals surface area contributed by atoms with Crippen LogP contribution >= 0.6 is 11.6 Å². The summed E-state index contributed by atoms with van der Waals surface area (Å²) in [5, 5.41) is -0.225. The molecule has 0 N–H and O–H groups in total. The molecule has 14 heteroatoms. The standard InChI is InChI=1S/C20H25ClN4O9/c1-6-23-16-13(17(29)24(7-2)20(23)30)22-19(21)25(16)18-15(34-11(5)28)14(33-10(4)27)12(8-31-18)32-9(3)26/h12,14-15,18H,6-8H2,1-5H3/t12-,14-,15+,18+/m1/s1. The molecule has 1 saturated heterocycles. The SMILES string of the molecule is CCn1c(=O)c2nc(Cl)n([C@H]3OC[C@@H](OC(C)=O)[C@@H](OC(C)=O)[C@@H]3OC(C)=O)c2n(CC)c1=O. The number of esters is 3. The summed E-state index contributed by atoms with van der Waals surface area (Å²) in [5.74, 6) is -2.14. The number of aryl methyl sites for hydroxylation is 1. The molecule has 4 atom stereocenters. The number of ether oxygens (including phenoxy) is 4. The highest BCUT2D eigenvalue weighted by Gasteiger charge is 2.49. The number of fused-ring (bicyclic) bond motifs is 1. The maximum Gasteiger partial charge on any atom is 0.332 e. The molecule has 0 bridgehead atoms. The number of carbonyl (C=O) groups excluding carboxylic acids is 3. The minimum Gasteiger partial charge on any atom is -0.456 e. The summed E-state index contributed by atoms with van der Waals surface area (Å²) in [7, 11) is 0. The van der Waals surface area contributed by atoms with Crippen molar-refractivity contribution >= 4 is 40.7 Å². The zero-order valence-electron chi connectivity index (χ0n) is 19.3. The van der Waals surface area contributed by atoms with Gasteiger partial charge in [0.1, 0.15) is 0 Å². The molecule has 1 fully saturated rings. The van der Waals surface area contributed by atoms with Crippen molar-refractivity contribution in [2.45, 2.75) is 72.2 Å². The molecular weight excluding hydrogens is 476 g/mol. The van der Waals surface area contributed by atoms with Crippen LogP contribution in [0.4, 0.5) is 0 Å². The quantitative estimate of drug-likeness (QED) is 0.309. The Morgan fingerprint density at radius 1 is 0.971 bits per heavy atom. The third kappa shape index (κ3) is 4.57. The smallest absolute Gasteiger partial charge is 0.332 e. The van der Waals surface area contributed by atoms with E-state index in [9.17, 15) is 24.0 Å². The summed E-state index contributed by atoms with van der Waals surface area (Å²) >= 11 is 6.40. The molecule has 0 radical (unpaired) electrons. The monoisotopic (exact) mass is 500 g/mol. The highest BCUT2D eigenvalue weighted by molar-refractivity contribution is 6.29. The zero-order chi connectivity index (χ0) is 25.3. The molecule has 3 heterocycles. The first-order chi connectivity index (χ1) is 16.0. The van der Waals surface area contributed by atoms with E-state index in [0.29, 0.717) is 0 Å². The molecule has 0 saturated carbocycles. The predicted octanol–water partition coefficient (Wildman–Crippen LogP) is 0.377. The predicted molar refractivity (Wildman–Crippen MR) is 116 cm³/mol. The summed E-state index contributed by atoms with van der Waals surface area (Å²) in [6.45, 7) is 6.79. The van der Waals surface area contributed by atoms with Crippen LogP contribution in [0.15, 0.2) is 9.59 Å². The van der Waals surface area contributed by atoms with Gasteiger partial charge in [0.2, 0.25) is 5.28 Å². The Morgan fingerprint density at radius 3 is 2.06 bits per heavy atom. The molecule has 0 spiro atoms. The Morgan fingerprint density at radius 2 is 1.53 bits per heavy atom. The van der Waals surface area contributed by atoms with Gasteiger partial charge in [-0.1, -0.05) is 0 Å². The largest absolute Gasteiger partial charge is 0.456 e. The molecule has 0 aromatic carbocycles. The third-order valence-corrected chi connectivity index (χ3v) is 5.49. The van der Waals surface area contributed by atoms with Gasteiger partial charge in [0, 0.05) is 33.9 Å². The molecular formula is C20H25ClN4O9. The number of aromatic nitrogens is 4. The highest BCUT2D eigenvalue weighted by Crippen LogP contribution is 2.34. The third-order valence-electron chi connectivity index (χ3n) is 5.22. The Bertz CT molecular complexity index is 1250. The Labute approximate surface area is 198 Å². The van der Waals surface area contributed by atoms with Crippen molar-refractivity contribution in [1.29, 1.82) is 0 Å². The van der Waals surface area contributed by atoms with Crippen LogP contribution in [0, 0.1) is 0 Å². The second-order valence-corrected chi connectivity index (χ2v) is 7.86. The van der Waals surface area contributed by atoms with Crippen LogP contribution in [0.25, 0.3) is 11.2 Å². The Kier molecular flexibility index (Phi) is 7.46. The maximum atomic E-state index is 12.9. The highest BCUT2D eigenvalue weighted by atomic mass is 35.5. The molecule has 3 rings (SSSR count). The van der Waals surface area contributed by atoms with Crippen LogP contribution in [-0.4, -0.2) is 61.5 Å². The number of halogens is 1. The maximum absolute atomic E-state index is 12.9.